The maximum Gasteiger partial charge on any atom is 0.221 e. The second kappa shape index (κ2) is 8.46. The van der Waals surface area contributed by atoms with E-state index in [1.165, 1.54) is 4.68 Å². The molecule has 25 heavy (non-hydrogen) atoms. The molecule has 0 unspecified atom stereocenters. The quantitative estimate of drug-likeness (QED) is 0.742. The van der Waals surface area contributed by atoms with Crippen LogP contribution in [0.4, 0.5) is 5.95 Å². The Morgan fingerprint density at radius 2 is 2.24 bits per heavy atom. The molecular weight excluding hydrogens is 388 g/mol. The fourth-order valence-corrected chi connectivity index (χ4v) is 2.82. The van der Waals surface area contributed by atoms with E-state index in [1.807, 2.05) is 25.1 Å². The molecular formula is C17H21BrN4O3. The minimum Gasteiger partial charge on any atom is -0.493 e. The van der Waals surface area contributed by atoms with Gasteiger partial charge in [0.05, 0.1) is 37.9 Å². The highest BCUT2D eigenvalue weighted by Gasteiger charge is 2.14. The number of halogens is 1. The summed E-state index contributed by atoms with van der Waals surface area (Å²) in [4.78, 5) is 4.12. The van der Waals surface area contributed by atoms with Crippen molar-refractivity contribution in [3.8, 4) is 5.75 Å². The SMILES string of the molecule is Cc1cn(N=Cc2cc(Br)ccc2OCCC2OCCCO2)c(N)n1. The Bertz CT molecular complexity index is 741. The Hall–Kier alpha value is -1.90. The van der Waals surface area contributed by atoms with Gasteiger partial charge in [-0.2, -0.15) is 5.10 Å². The number of benzene rings is 1. The van der Waals surface area contributed by atoms with Gasteiger partial charge in [0.25, 0.3) is 0 Å². The Kier molecular flexibility index (Phi) is 6.06. The zero-order valence-electron chi connectivity index (χ0n) is 14.0. The molecule has 0 amide bonds. The molecule has 2 N–H and O–H groups in total. The molecule has 0 radical (unpaired) electrons. The summed E-state index contributed by atoms with van der Waals surface area (Å²) in [5.41, 5.74) is 7.46. The molecule has 0 atom stereocenters. The van der Waals surface area contributed by atoms with Crippen molar-refractivity contribution in [3.63, 3.8) is 0 Å². The van der Waals surface area contributed by atoms with Gasteiger partial charge in [-0.25, -0.2) is 9.66 Å². The van der Waals surface area contributed by atoms with E-state index in [2.05, 4.69) is 26.0 Å². The largest absolute Gasteiger partial charge is 0.493 e. The second-order valence-electron chi connectivity index (χ2n) is 5.67. The predicted octanol–water partition coefficient (Wildman–Crippen LogP) is 2.95. The lowest BCUT2D eigenvalue weighted by Gasteiger charge is -2.23. The maximum absolute atomic E-state index is 5.89. The molecule has 1 fully saturated rings. The molecule has 0 saturated carbocycles. The molecule has 2 aromatic rings. The molecule has 1 aromatic carbocycles. The van der Waals surface area contributed by atoms with Crippen LogP contribution >= 0.6 is 15.9 Å². The van der Waals surface area contributed by atoms with Gasteiger partial charge >= 0.3 is 0 Å². The van der Waals surface area contributed by atoms with Crippen LogP contribution in [-0.4, -0.2) is 42.0 Å². The summed E-state index contributed by atoms with van der Waals surface area (Å²) in [6.07, 6.45) is 4.91. The van der Waals surface area contributed by atoms with Crippen LogP contribution in [0.25, 0.3) is 0 Å². The zero-order chi connectivity index (χ0) is 17.6. The third kappa shape index (κ3) is 5.04. The molecule has 1 aliphatic rings. The van der Waals surface area contributed by atoms with E-state index in [0.29, 0.717) is 19.0 Å². The summed E-state index contributed by atoms with van der Waals surface area (Å²) in [6.45, 7) is 3.85. The summed E-state index contributed by atoms with van der Waals surface area (Å²) in [6, 6.07) is 5.76. The predicted molar refractivity (Wildman–Crippen MR) is 98.9 cm³/mol. The van der Waals surface area contributed by atoms with Crippen LogP contribution in [0.2, 0.25) is 0 Å². The Morgan fingerprint density at radius 3 is 2.96 bits per heavy atom. The van der Waals surface area contributed by atoms with E-state index >= 15 is 0 Å². The number of ether oxygens (including phenoxy) is 3. The van der Waals surface area contributed by atoms with Crippen molar-refractivity contribution in [3.05, 3.63) is 40.1 Å². The first kappa shape index (κ1) is 17.9. The van der Waals surface area contributed by atoms with Gasteiger partial charge < -0.3 is 19.9 Å². The number of aromatic nitrogens is 2. The monoisotopic (exact) mass is 408 g/mol. The van der Waals surface area contributed by atoms with Gasteiger partial charge in [0.1, 0.15) is 5.75 Å². The highest BCUT2D eigenvalue weighted by molar-refractivity contribution is 9.10. The smallest absolute Gasteiger partial charge is 0.221 e. The third-order valence-corrected chi connectivity index (χ3v) is 4.13. The summed E-state index contributed by atoms with van der Waals surface area (Å²) in [7, 11) is 0. The molecule has 1 aliphatic heterocycles. The minimum atomic E-state index is -0.185. The Balaban J connectivity index is 1.66. The molecule has 1 aromatic heterocycles. The number of imidazole rings is 1. The van der Waals surface area contributed by atoms with Crippen LogP contribution in [0.5, 0.6) is 5.75 Å². The first-order valence-electron chi connectivity index (χ1n) is 8.13. The van der Waals surface area contributed by atoms with Crippen molar-refractivity contribution >= 4 is 28.1 Å². The fourth-order valence-electron chi connectivity index (χ4n) is 2.44. The molecule has 8 heteroatoms. The van der Waals surface area contributed by atoms with Gasteiger partial charge in [-0.1, -0.05) is 15.9 Å². The zero-order valence-corrected chi connectivity index (χ0v) is 15.6. The Labute approximate surface area is 154 Å². The standard InChI is InChI=1S/C17H21BrN4O3/c1-12-11-22(17(19)21-12)20-10-13-9-14(18)3-4-15(13)23-8-5-16-24-6-2-7-25-16/h3-4,9-11,16H,2,5-8H2,1H3,(H2,19,21). The summed E-state index contributed by atoms with van der Waals surface area (Å²) in [5.74, 6) is 1.08. The number of hydrogen-bond acceptors (Lipinski definition) is 6. The first-order valence-corrected chi connectivity index (χ1v) is 8.92. The number of nitrogens with two attached hydrogens (primary N) is 1. The minimum absolute atomic E-state index is 0.185. The number of anilines is 1. The molecule has 7 nitrogen and oxygen atoms in total. The summed E-state index contributed by atoms with van der Waals surface area (Å²) in [5, 5.41) is 4.35. The van der Waals surface area contributed by atoms with Crippen molar-refractivity contribution in [1.29, 1.82) is 0 Å². The van der Waals surface area contributed by atoms with Crippen LogP contribution in [0, 0.1) is 6.92 Å². The van der Waals surface area contributed by atoms with E-state index in [4.69, 9.17) is 19.9 Å². The Morgan fingerprint density at radius 1 is 1.44 bits per heavy atom. The van der Waals surface area contributed by atoms with Gasteiger partial charge in [0.15, 0.2) is 6.29 Å². The maximum atomic E-state index is 5.89. The van der Waals surface area contributed by atoms with E-state index in [-0.39, 0.29) is 6.29 Å². The van der Waals surface area contributed by atoms with Crippen LogP contribution in [-0.2, 0) is 9.47 Å². The molecule has 3 rings (SSSR count). The average molecular weight is 409 g/mol. The number of nitrogen functional groups attached to an aromatic ring is 1. The molecule has 0 spiro atoms. The van der Waals surface area contributed by atoms with Gasteiger partial charge in [-0.3, -0.25) is 0 Å². The highest BCUT2D eigenvalue weighted by Crippen LogP contribution is 2.23. The lowest BCUT2D eigenvalue weighted by atomic mass is 10.2. The van der Waals surface area contributed by atoms with E-state index in [1.54, 1.807) is 12.4 Å². The number of nitrogens with zero attached hydrogens (tertiary/aromatic N) is 3. The molecule has 2 heterocycles. The molecule has 0 aliphatic carbocycles. The highest BCUT2D eigenvalue weighted by atomic mass is 79.9. The number of rotatable bonds is 6. The van der Waals surface area contributed by atoms with Crippen LogP contribution in [0.1, 0.15) is 24.1 Å². The third-order valence-electron chi connectivity index (χ3n) is 3.64. The van der Waals surface area contributed by atoms with Crippen LogP contribution < -0.4 is 10.5 Å². The molecule has 134 valence electrons. The number of aryl methyl sites for hydroxylation is 1. The van der Waals surface area contributed by atoms with Crippen molar-refractivity contribution in [2.45, 2.75) is 26.1 Å². The van der Waals surface area contributed by atoms with Crippen molar-refractivity contribution < 1.29 is 14.2 Å². The van der Waals surface area contributed by atoms with Gasteiger partial charge in [0, 0.05) is 16.5 Å². The van der Waals surface area contributed by atoms with E-state index in [9.17, 15) is 0 Å². The van der Waals surface area contributed by atoms with E-state index < -0.39 is 0 Å². The van der Waals surface area contributed by atoms with Crippen molar-refractivity contribution in [1.82, 2.24) is 9.66 Å². The molecule has 0 bridgehead atoms. The first-order chi connectivity index (χ1) is 12.1. The van der Waals surface area contributed by atoms with Gasteiger partial charge in [-0.15, -0.1) is 0 Å². The summed E-state index contributed by atoms with van der Waals surface area (Å²) >= 11 is 3.47. The van der Waals surface area contributed by atoms with Crippen molar-refractivity contribution in [2.75, 3.05) is 25.6 Å². The van der Waals surface area contributed by atoms with E-state index in [0.717, 1.165) is 41.1 Å². The summed E-state index contributed by atoms with van der Waals surface area (Å²) < 4.78 is 19.4. The molecule has 1 saturated heterocycles. The number of hydrogen-bond donors (Lipinski definition) is 1. The van der Waals surface area contributed by atoms with Gasteiger partial charge in [-0.05, 0) is 31.5 Å². The van der Waals surface area contributed by atoms with Gasteiger partial charge in [0.2, 0.25) is 5.95 Å². The topological polar surface area (TPSA) is 83.9 Å². The van der Waals surface area contributed by atoms with Crippen LogP contribution in [0.15, 0.2) is 34.0 Å². The lowest BCUT2D eigenvalue weighted by Crippen LogP contribution is -2.26. The van der Waals surface area contributed by atoms with Crippen molar-refractivity contribution in [2.24, 2.45) is 5.10 Å². The fraction of sp³-hybridized carbons (Fsp3) is 0.412. The van der Waals surface area contributed by atoms with Crippen LogP contribution in [0.3, 0.4) is 0 Å². The second-order valence-corrected chi connectivity index (χ2v) is 6.59. The normalized spacial score (nSPS) is 15.8. The average Bonchev–Trinajstić information content (AvgIpc) is 2.93. The lowest BCUT2D eigenvalue weighted by molar-refractivity contribution is -0.183.